The van der Waals surface area contributed by atoms with Gasteiger partial charge >= 0.3 is 0 Å². The first-order valence-corrected chi connectivity index (χ1v) is 6.88. The molecule has 1 atom stereocenters. The molecule has 2 N–H and O–H groups in total. The van der Waals surface area contributed by atoms with Crippen LogP contribution in [0.5, 0.6) is 5.75 Å². The third-order valence-electron chi connectivity index (χ3n) is 3.60. The maximum atomic E-state index is 11.8. The Balaban J connectivity index is 2.04. The molecule has 1 aliphatic heterocycles. The van der Waals surface area contributed by atoms with Crippen molar-refractivity contribution >= 4 is 11.6 Å². The molecule has 2 rings (SSSR count). The van der Waals surface area contributed by atoms with Crippen LogP contribution in [0.25, 0.3) is 0 Å². The van der Waals surface area contributed by atoms with Gasteiger partial charge in [-0.15, -0.1) is 0 Å². The lowest BCUT2D eigenvalue weighted by Crippen LogP contribution is -2.38. The number of benzene rings is 1. The fourth-order valence-corrected chi connectivity index (χ4v) is 2.51. The molecule has 0 bridgehead atoms. The van der Waals surface area contributed by atoms with Crippen molar-refractivity contribution in [1.82, 2.24) is 4.90 Å². The highest BCUT2D eigenvalue weighted by molar-refractivity contribution is 5.76. The van der Waals surface area contributed by atoms with Crippen LogP contribution in [0.2, 0.25) is 0 Å². The normalized spacial score (nSPS) is 17.8. The zero-order valence-electron chi connectivity index (χ0n) is 11.6. The highest BCUT2D eigenvalue weighted by Crippen LogP contribution is 2.25. The molecule has 0 aromatic heterocycles. The second-order valence-electron chi connectivity index (χ2n) is 4.88. The SMILES string of the molecule is CCC(=O)N1CCC[C@H]1COc1cccc(N)c1C#N. The summed E-state index contributed by atoms with van der Waals surface area (Å²) in [4.78, 5) is 13.7. The third-order valence-corrected chi connectivity index (χ3v) is 3.60. The average Bonchev–Trinajstić information content (AvgIpc) is 2.92. The summed E-state index contributed by atoms with van der Waals surface area (Å²) in [6.07, 6.45) is 2.45. The Labute approximate surface area is 118 Å². The third kappa shape index (κ3) is 2.85. The Morgan fingerprint density at radius 2 is 2.40 bits per heavy atom. The summed E-state index contributed by atoms with van der Waals surface area (Å²) < 4.78 is 5.72. The van der Waals surface area contributed by atoms with E-state index in [1.165, 1.54) is 0 Å². The zero-order chi connectivity index (χ0) is 14.5. The van der Waals surface area contributed by atoms with Crippen LogP contribution < -0.4 is 10.5 Å². The van der Waals surface area contributed by atoms with E-state index in [0.29, 0.717) is 30.0 Å². The molecule has 1 aromatic carbocycles. The molecule has 0 spiro atoms. The fraction of sp³-hybridized carbons (Fsp3) is 0.467. The van der Waals surface area contributed by atoms with E-state index in [0.717, 1.165) is 19.4 Å². The highest BCUT2D eigenvalue weighted by atomic mass is 16.5. The van der Waals surface area contributed by atoms with Crippen LogP contribution in [0.15, 0.2) is 18.2 Å². The number of carbonyl (C=O) groups is 1. The summed E-state index contributed by atoms with van der Waals surface area (Å²) >= 11 is 0. The van der Waals surface area contributed by atoms with Gasteiger partial charge in [0.05, 0.1) is 11.7 Å². The quantitative estimate of drug-likeness (QED) is 0.850. The van der Waals surface area contributed by atoms with Gasteiger partial charge in [-0.2, -0.15) is 5.26 Å². The Morgan fingerprint density at radius 3 is 3.10 bits per heavy atom. The van der Waals surface area contributed by atoms with E-state index < -0.39 is 0 Å². The number of nitriles is 1. The molecule has 1 fully saturated rings. The van der Waals surface area contributed by atoms with Gasteiger partial charge in [-0.05, 0) is 25.0 Å². The molecule has 1 saturated heterocycles. The van der Waals surface area contributed by atoms with Crippen molar-refractivity contribution in [3.05, 3.63) is 23.8 Å². The fourth-order valence-electron chi connectivity index (χ4n) is 2.51. The van der Waals surface area contributed by atoms with E-state index in [1.807, 2.05) is 11.8 Å². The summed E-state index contributed by atoms with van der Waals surface area (Å²) in [7, 11) is 0. The van der Waals surface area contributed by atoms with Gasteiger partial charge in [-0.3, -0.25) is 4.79 Å². The van der Waals surface area contributed by atoms with Crippen molar-refractivity contribution in [2.45, 2.75) is 32.2 Å². The van der Waals surface area contributed by atoms with Crippen LogP contribution in [-0.4, -0.2) is 30.0 Å². The number of likely N-dealkylation sites (tertiary alicyclic amines) is 1. The number of anilines is 1. The number of nitrogens with two attached hydrogens (primary N) is 1. The molecule has 0 radical (unpaired) electrons. The zero-order valence-corrected chi connectivity index (χ0v) is 11.6. The van der Waals surface area contributed by atoms with Crippen LogP contribution in [0.4, 0.5) is 5.69 Å². The molecule has 1 heterocycles. The molecular weight excluding hydrogens is 254 g/mol. The van der Waals surface area contributed by atoms with Crippen LogP contribution in [0.1, 0.15) is 31.7 Å². The second kappa shape index (κ2) is 6.29. The predicted octanol–water partition coefficient (Wildman–Crippen LogP) is 1.92. The van der Waals surface area contributed by atoms with E-state index in [1.54, 1.807) is 18.2 Å². The van der Waals surface area contributed by atoms with Gasteiger partial charge in [0.25, 0.3) is 0 Å². The molecular formula is C15H19N3O2. The lowest BCUT2D eigenvalue weighted by molar-refractivity contribution is -0.132. The van der Waals surface area contributed by atoms with E-state index in [9.17, 15) is 4.79 Å². The lowest BCUT2D eigenvalue weighted by atomic mass is 10.1. The number of nitrogens with zero attached hydrogens (tertiary/aromatic N) is 2. The minimum atomic E-state index is 0.0930. The molecule has 1 aromatic rings. The molecule has 0 unspecified atom stereocenters. The smallest absolute Gasteiger partial charge is 0.222 e. The van der Waals surface area contributed by atoms with Crippen molar-refractivity contribution in [2.24, 2.45) is 0 Å². The first-order valence-electron chi connectivity index (χ1n) is 6.88. The molecule has 1 aliphatic rings. The van der Waals surface area contributed by atoms with Crippen molar-refractivity contribution in [3.8, 4) is 11.8 Å². The highest BCUT2D eigenvalue weighted by Gasteiger charge is 2.28. The number of rotatable bonds is 4. The number of carbonyl (C=O) groups excluding carboxylic acids is 1. The number of hydrogen-bond acceptors (Lipinski definition) is 4. The van der Waals surface area contributed by atoms with Gasteiger partial charge in [-0.25, -0.2) is 0 Å². The number of ether oxygens (including phenoxy) is 1. The Bertz CT molecular complexity index is 536. The van der Waals surface area contributed by atoms with Gasteiger partial charge in [0.2, 0.25) is 5.91 Å². The molecule has 106 valence electrons. The lowest BCUT2D eigenvalue weighted by Gasteiger charge is -2.24. The van der Waals surface area contributed by atoms with E-state index in [-0.39, 0.29) is 11.9 Å². The van der Waals surface area contributed by atoms with Gasteiger partial charge in [0.15, 0.2) is 0 Å². The summed E-state index contributed by atoms with van der Waals surface area (Å²) in [6, 6.07) is 7.31. The van der Waals surface area contributed by atoms with Gasteiger partial charge < -0.3 is 15.4 Å². The number of amides is 1. The van der Waals surface area contributed by atoms with Gasteiger partial charge in [-0.1, -0.05) is 13.0 Å². The van der Waals surface area contributed by atoms with Gasteiger partial charge in [0.1, 0.15) is 24.0 Å². The summed E-state index contributed by atoms with van der Waals surface area (Å²) in [5.74, 6) is 0.646. The minimum Gasteiger partial charge on any atom is -0.490 e. The molecule has 5 nitrogen and oxygen atoms in total. The minimum absolute atomic E-state index is 0.0930. The van der Waals surface area contributed by atoms with Crippen molar-refractivity contribution in [1.29, 1.82) is 5.26 Å². The van der Waals surface area contributed by atoms with E-state index in [4.69, 9.17) is 15.7 Å². The van der Waals surface area contributed by atoms with Gasteiger partial charge in [0, 0.05) is 13.0 Å². The second-order valence-corrected chi connectivity index (χ2v) is 4.88. The van der Waals surface area contributed by atoms with Crippen molar-refractivity contribution in [3.63, 3.8) is 0 Å². The standard InChI is InChI=1S/C15H19N3O2/c1-2-15(19)18-8-4-5-11(18)10-20-14-7-3-6-13(17)12(14)9-16/h3,6-7,11H,2,4-5,8,10,17H2,1H3/t11-/m0/s1. The Kier molecular flexibility index (Phi) is 4.46. The van der Waals surface area contributed by atoms with Crippen LogP contribution in [-0.2, 0) is 4.79 Å². The summed E-state index contributed by atoms with van der Waals surface area (Å²) in [5, 5.41) is 9.09. The number of nitrogen functional groups attached to an aromatic ring is 1. The first-order chi connectivity index (χ1) is 9.67. The van der Waals surface area contributed by atoms with Crippen LogP contribution in [0.3, 0.4) is 0 Å². The van der Waals surface area contributed by atoms with Crippen LogP contribution >= 0.6 is 0 Å². The van der Waals surface area contributed by atoms with Crippen molar-refractivity contribution < 1.29 is 9.53 Å². The Hall–Kier alpha value is -2.22. The monoisotopic (exact) mass is 273 g/mol. The average molecular weight is 273 g/mol. The van der Waals surface area contributed by atoms with E-state index in [2.05, 4.69) is 6.07 Å². The van der Waals surface area contributed by atoms with Crippen LogP contribution in [0, 0.1) is 11.3 Å². The Morgan fingerprint density at radius 1 is 1.60 bits per heavy atom. The summed E-state index contributed by atoms with van der Waals surface area (Å²) in [5.41, 5.74) is 6.52. The molecule has 0 saturated carbocycles. The molecule has 1 amide bonds. The molecule has 20 heavy (non-hydrogen) atoms. The summed E-state index contributed by atoms with van der Waals surface area (Å²) in [6.45, 7) is 3.07. The maximum absolute atomic E-state index is 11.8. The molecule has 0 aliphatic carbocycles. The van der Waals surface area contributed by atoms with E-state index >= 15 is 0 Å². The first kappa shape index (κ1) is 14.2. The largest absolute Gasteiger partial charge is 0.490 e. The van der Waals surface area contributed by atoms with Crippen molar-refractivity contribution in [2.75, 3.05) is 18.9 Å². The number of hydrogen-bond donors (Lipinski definition) is 1. The topological polar surface area (TPSA) is 79.3 Å². The molecule has 5 heteroatoms. The maximum Gasteiger partial charge on any atom is 0.222 e. The predicted molar refractivity (Wildman–Crippen MR) is 76.1 cm³/mol.